The molecule has 2 rings (SSSR count). The summed E-state index contributed by atoms with van der Waals surface area (Å²) in [6.45, 7) is 0. The summed E-state index contributed by atoms with van der Waals surface area (Å²) in [6.07, 6.45) is 10.3. The highest BCUT2D eigenvalue weighted by Crippen LogP contribution is 2.19. The standard InChI is InChI=1S/C12H16N2O/c1-14-8-7-13-12(14)6-5-10-3-2-4-11(15)9-10/h7-9H,2-6H2,1H3. The van der Waals surface area contributed by atoms with Gasteiger partial charge in [0.2, 0.25) is 0 Å². The molecule has 0 aromatic carbocycles. The number of aromatic nitrogens is 2. The number of carbonyl (C=O) groups excluding carboxylic acids is 1. The molecule has 80 valence electrons. The van der Waals surface area contributed by atoms with Crippen molar-refractivity contribution in [3.05, 3.63) is 29.9 Å². The van der Waals surface area contributed by atoms with Gasteiger partial charge in [0.15, 0.2) is 5.78 Å². The van der Waals surface area contributed by atoms with Crippen LogP contribution in [-0.2, 0) is 18.3 Å². The summed E-state index contributed by atoms with van der Waals surface area (Å²) in [7, 11) is 2.00. The van der Waals surface area contributed by atoms with Crippen molar-refractivity contribution in [2.24, 2.45) is 7.05 Å². The molecule has 3 nitrogen and oxygen atoms in total. The molecular formula is C12H16N2O. The third-order valence-corrected chi connectivity index (χ3v) is 2.88. The molecule has 1 aliphatic rings. The summed E-state index contributed by atoms with van der Waals surface area (Å²) < 4.78 is 2.03. The van der Waals surface area contributed by atoms with Gasteiger partial charge in [-0.3, -0.25) is 4.79 Å². The normalized spacial score (nSPS) is 16.6. The summed E-state index contributed by atoms with van der Waals surface area (Å²) in [5.41, 5.74) is 1.29. The van der Waals surface area contributed by atoms with E-state index in [9.17, 15) is 4.79 Å². The van der Waals surface area contributed by atoms with Crippen molar-refractivity contribution < 1.29 is 4.79 Å². The van der Waals surface area contributed by atoms with Gasteiger partial charge in [-0.2, -0.15) is 0 Å². The van der Waals surface area contributed by atoms with Gasteiger partial charge in [0, 0.05) is 32.3 Å². The van der Waals surface area contributed by atoms with Crippen molar-refractivity contribution in [1.82, 2.24) is 9.55 Å². The highest BCUT2D eigenvalue weighted by atomic mass is 16.1. The number of allylic oxidation sites excluding steroid dienone is 2. The van der Waals surface area contributed by atoms with Gasteiger partial charge in [-0.05, 0) is 25.3 Å². The van der Waals surface area contributed by atoms with Crippen molar-refractivity contribution >= 4 is 5.78 Å². The highest BCUT2D eigenvalue weighted by Gasteiger charge is 2.10. The highest BCUT2D eigenvalue weighted by molar-refractivity contribution is 5.91. The fourth-order valence-corrected chi connectivity index (χ4v) is 1.97. The zero-order valence-electron chi connectivity index (χ0n) is 9.07. The van der Waals surface area contributed by atoms with Crippen molar-refractivity contribution in [1.29, 1.82) is 0 Å². The largest absolute Gasteiger partial charge is 0.338 e. The SMILES string of the molecule is Cn1ccnc1CCC1=CC(=O)CCC1. The van der Waals surface area contributed by atoms with Crippen molar-refractivity contribution in [3.8, 4) is 0 Å². The first-order valence-electron chi connectivity index (χ1n) is 5.44. The van der Waals surface area contributed by atoms with E-state index in [1.807, 2.05) is 30.1 Å². The average molecular weight is 204 g/mol. The van der Waals surface area contributed by atoms with Crippen LogP contribution >= 0.6 is 0 Å². The Labute approximate surface area is 89.8 Å². The van der Waals surface area contributed by atoms with Crippen LogP contribution in [0, 0.1) is 0 Å². The number of nitrogens with zero attached hydrogens (tertiary/aromatic N) is 2. The molecule has 0 atom stereocenters. The Bertz CT molecular complexity index is 390. The molecule has 0 saturated heterocycles. The van der Waals surface area contributed by atoms with Crippen LogP contribution in [-0.4, -0.2) is 15.3 Å². The lowest BCUT2D eigenvalue weighted by Gasteiger charge is -2.11. The fourth-order valence-electron chi connectivity index (χ4n) is 1.97. The average Bonchev–Trinajstić information content (AvgIpc) is 2.61. The summed E-state index contributed by atoms with van der Waals surface area (Å²) in [5, 5.41) is 0. The molecular weight excluding hydrogens is 188 g/mol. The summed E-state index contributed by atoms with van der Waals surface area (Å²) in [6, 6.07) is 0. The van der Waals surface area contributed by atoms with Gasteiger partial charge < -0.3 is 4.57 Å². The van der Waals surface area contributed by atoms with Crippen LogP contribution in [0.2, 0.25) is 0 Å². The molecule has 0 amide bonds. The zero-order valence-corrected chi connectivity index (χ0v) is 9.07. The second-order valence-corrected chi connectivity index (χ2v) is 4.08. The maximum Gasteiger partial charge on any atom is 0.155 e. The van der Waals surface area contributed by atoms with Gasteiger partial charge in [0.1, 0.15) is 5.82 Å². The molecule has 0 fully saturated rings. The van der Waals surface area contributed by atoms with Crippen LogP contribution < -0.4 is 0 Å². The van der Waals surface area contributed by atoms with Crippen molar-refractivity contribution in [2.45, 2.75) is 32.1 Å². The maximum absolute atomic E-state index is 11.2. The number of imidazole rings is 1. The molecule has 0 radical (unpaired) electrons. The van der Waals surface area contributed by atoms with E-state index < -0.39 is 0 Å². The molecule has 3 heteroatoms. The molecule has 0 saturated carbocycles. The number of hydrogen-bond acceptors (Lipinski definition) is 2. The Morgan fingerprint density at radius 1 is 1.40 bits per heavy atom. The van der Waals surface area contributed by atoms with E-state index in [1.165, 1.54) is 5.57 Å². The lowest BCUT2D eigenvalue weighted by molar-refractivity contribution is -0.115. The van der Waals surface area contributed by atoms with Gasteiger partial charge in [-0.1, -0.05) is 5.57 Å². The van der Waals surface area contributed by atoms with Crippen LogP contribution in [0.15, 0.2) is 24.0 Å². The van der Waals surface area contributed by atoms with Crippen molar-refractivity contribution in [3.63, 3.8) is 0 Å². The smallest absolute Gasteiger partial charge is 0.155 e. The molecule has 0 N–H and O–H groups in total. The summed E-state index contributed by atoms with van der Waals surface area (Å²) in [5.74, 6) is 1.38. The van der Waals surface area contributed by atoms with Crippen LogP contribution in [0.3, 0.4) is 0 Å². The third-order valence-electron chi connectivity index (χ3n) is 2.88. The van der Waals surface area contributed by atoms with E-state index in [0.717, 1.165) is 37.9 Å². The second kappa shape index (κ2) is 4.43. The number of carbonyl (C=O) groups is 1. The minimum absolute atomic E-state index is 0.288. The topological polar surface area (TPSA) is 34.9 Å². The van der Waals surface area contributed by atoms with Gasteiger partial charge in [0.05, 0.1) is 0 Å². The van der Waals surface area contributed by atoms with E-state index in [4.69, 9.17) is 0 Å². The Morgan fingerprint density at radius 2 is 2.27 bits per heavy atom. The third kappa shape index (κ3) is 2.55. The first-order chi connectivity index (χ1) is 7.25. The molecule has 1 aromatic rings. The quantitative estimate of drug-likeness (QED) is 0.755. The zero-order chi connectivity index (χ0) is 10.7. The first-order valence-corrected chi connectivity index (χ1v) is 5.44. The minimum Gasteiger partial charge on any atom is -0.338 e. The van der Waals surface area contributed by atoms with E-state index in [1.54, 1.807) is 0 Å². The number of ketones is 1. The summed E-state index contributed by atoms with van der Waals surface area (Å²) >= 11 is 0. The fraction of sp³-hybridized carbons (Fsp3) is 0.500. The van der Waals surface area contributed by atoms with Crippen molar-refractivity contribution in [2.75, 3.05) is 0 Å². The molecule has 1 aliphatic carbocycles. The first kappa shape index (κ1) is 10.1. The molecule has 1 heterocycles. The molecule has 1 aromatic heterocycles. The van der Waals surface area contributed by atoms with Crippen LogP contribution in [0.5, 0.6) is 0 Å². The van der Waals surface area contributed by atoms with Crippen LogP contribution in [0.25, 0.3) is 0 Å². The lowest BCUT2D eigenvalue weighted by Crippen LogP contribution is -2.05. The number of aryl methyl sites for hydroxylation is 2. The molecule has 0 spiro atoms. The Morgan fingerprint density at radius 3 is 2.93 bits per heavy atom. The maximum atomic E-state index is 11.2. The Balaban J connectivity index is 1.93. The molecule has 0 aliphatic heterocycles. The van der Waals surface area contributed by atoms with E-state index >= 15 is 0 Å². The van der Waals surface area contributed by atoms with Crippen LogP contribution in [0.4, 0.5) is 0 Å². The predicted molar refractivity (Wildman–Crippen MR) is 58.5 cm³/mol. The molecule has 0 bridgehead atoms. The van der Waals surface area contributed by atoms with Crippen LogP contribution in [0.1, 0.15) is 31.5 Å². The number of rotatable bonds is 3. The van der Waals surface area contributed by atoms with Gasteiger partial charge in [0.25, 0.3) is 0 Å². The van der Waals surface area contributed by atoms with E-state index in [0.29, 0.717) is 0 Å². The Hall–Kier alpha value is -1.38. The minimum atomic E-state index is 0.288. The second-order valence-electron chi connectivity index (χ2n) is 4.08. The van der Waals surface area contributed by atoms with E-state index in [-0.39, 0.29) is 5.78 Å². The molecule has 15 heavy (non-hydrogen) atoms. The van der Waals surface area contributed by atoms with Gasteiger partial charge >= 0.3 is 0 Å². The number of hydrogen-bond donors (Lipinski definition) is 0. The lowest BCUT2D eigenvalue weighted by atomic mass is 9.95. The predicted octanol–water partition coefficient (Wildman–Crippen LogP) is 2.03. The molecule has 0 unspecified atom stereocenters. The Kier molecular flexibility index (Phi) is 2.99. The van der Waals surface area contributed by atoms with Gasteiger partial charge in [-0.25, -0.2) is 4.98 Å². The monoisotopic (exact) mass is 204 g/mol. The summed E-state index contributed by atoms with van der Waals surface area (Å²) in [4.78, 5) is 15.5. The van der Waals surface area contributed by atoms with Gasteiger partial charge in [-0.15, -0.1) is 0 Å². The van der Waals surface area contributed by atoms with E-state index in [2.05, 4.69) is 4.98 Å².